The molecule has 0 heterocycles. The van der Waals surface area contributed by atoms with E-state index in [0.29, 0.717) is 19.4 Å². The fraction of sp³-hybridized carbons (Fsp3) is 0.769. The average Bonchev–Trinajstić information content (AvgIpc) is 3.04. The summed E-state index contributed by atoms with van der Waals surface area (Å²) < 4.78 is 0. The van der Waals surface area contributed by atoms with Gasteiger partial charge in [-0.05, 0) is 39.2 Å². The largest absolute Gasteiger partial charge is 0.347 e. The van der Waals surface area contributed by atoms with Crippen molar-refractivity contribution >= 4 is 17.5 Å². The summed E-state index contributed by atoms with van der Waals surface area (Å²) in [7, 11) is 0. The molecule has 1 unspecified atom stereocenters. The zero-order valence-corrected chi connectivity index (χ0v) is 11.1. The van der Waals surface area contributed by atoms with Crippen LogP contribution < -0.4 is 11.1 Å². The molecule has 1 saturated carbocycles. The van der Waals surface area contributed by atoms with Crippen molar-refractivity contribution in [1.29, 1.82) is 0 Å². The lowest BCUT2D eigenvalue weighted by molar-refractivity contribution is -0.130. The summed E-state index contributed by atoms with van der Waals surface area (Å²) in [6.45, 7) is 3.41. The highest BCUT2D eigenvalue weighted by Gasteiger charge is 2.49. The Labute approximate surface area is 107 Å². The van der Waals surface area contributed by atoms with Crippen LogP contribution in [0.3, 0.4) is 0 Å². The highest BCUT2D eigenvalue weighted by atomic mass is 16.2. The summed E-state index contributed by atoms with van der Waals surface area (Å²) in [6.07, 6.45) is 3.06. The van der Waals surface area contributed by atoms with Crippen molar-refractivity contribution in [3.63, 3.8) is 0 Å². The molecule has 1 atom stereocenters. The fourth-order valence-corrected chi connectivity index (χ4v) is 2.14. The lowest BCUT2D eigenvalue weighted by Gasteiger charge is -2.19. The summed E-state index contributed by atoms with van der Waals surface area (Å²) in [5, 5.41) is 2.65. The molecule has 1 rings (SSSR count). The molecular weight excluding hydrogens is 232 g/mol. The van der Waals surface area contributed by atoms with Crippen LogP contribution in [0.15, 0.2) is 0 Å². The molecule has 0 aromatic rings. The minimum absolute atomic E-state index is 0.0497. The molecule has 1 fully saturated rings. The van der Waals surface area contributed by atoms with E-state index >= 15 is 0 Å². The first-order valence-electron chi connectivity index (χ1n) is 6.42. The molecule has 0 aromatic carbocycles. The van der Waals surface area contributed by atoms with Crippen LogP contribution in [0.2, 0.25) is 0 Å². The molecule has 0 radical (unpaired) electrons. The van der Waals surface area contributed by atoms with Gasteiger partial charge in [0, 0.05) is 18.8 Å². The number of ketones is 2. The first kappa shape index (κ1) is 14.8. The minimum Gasteiger partial charge on any atom is -0.347 e. The molecule has 18 heavy (non-hydrogen) atoms. The third kappa shape index (κ3) is 3.91. The Morgan fingerprint density at radius 3 is 2.28 bits per heavy atom. The molecule has 5 nitrogen and oxygen atoms in total. The van der Waals surface area contributed by atoms with Crippen molar-refractivity contribution in [3.05, 3.63) is 0 Å². The molecule has 5 heteroatoms. The molecule has 1 aliphatic rings. The Hall–Kier alpha value is -1.23. The normalized spacial score (nSPS) is 17.9. The van der Waals surface area contributed by atoms with Gasteiger partial charge in [-0.1, -0.05) is 0 Å². The second kappa shape index (κ2) is 6.09. The van der Waals surface area contributed by atoms with Gasteiger partial charge in [-0.2, -0.15) is 0 Å². The van der Waals surface area contributed by atoms with Gasteiger partial charge < -0.3 is 11.1 Å². The third-order valence-corrected chi connectivity index (χ3v) is 3.58. The summed E-state index contributed by atoms with van der Waals surface area (Å²) in [5.41, 5.74) is 4.98. The monoisotopic (exact) mass is 254 g/mol. The summed E-state index contributed by atoms with van der Waals surface area (Å²) in [6, 6.07) is -0.497. The second-order valence-electron chi connectivity index (χ2n) is 5.16. The number of Topliss-reactive ketones (excluding diaryl/α,β-unsaturated/α-hetero) is 2. The van der Waals surface area contributed by atoms with Gasteiger partial charge in [0.25, 0.3) is 0 Å². The first-order chi connectivity index (χ1) is 8.41. The Morgan fingerprint density at radius 1 is 1.28 bits per heavy atom. The van der Waals surface area contributed by atoms with Gasteiger partial charge in [0.05, 0.1) is 6.04 Å². The van der Waals surface area contributed by atoms with E-state index in [4.69, 9.17) is 5.73 Å². The van der Waals surface area contributed by atoms with Crippen LogP contribution in [-0.4, -0.2) is 30.1 Å². The molecule has 0 saturated heterocycles. The van der Waals surface area contributed by atoms with E-state index < -0.39 is 11.5 Å². The van der Waals surface area contributed by atoms with Gasteiger partial charge in [0.2, 0.25) is 5.91 Å². The standard InChI is InChI=1S/C13H22N2O3/c1-9(16)13(5-6-13)8-12(18)11(4-3-7-14)15-10(2)17/h11H,3-8,14H2,1-2H3,(H,15,17). The topological polar surface area (TPSA) is 89.3 Å². The van der Waals surface area contributed by atoms with Crippen LogP contribution in [0.25, 0.3) is 0 Å². The molecule has 1 amide bonds. The highest BCUT2D eigenvalue weighted by molar-refractivity contribution is 5.95. The summed E-state index contributed by atoms with van der Waals surface area (Å²) in [4.78, 5) is 34.7. The Balaban J connectivity index is 2.58. The maximum atomic E-state index is 12.1. The van der Waals surface area contributed by atoms with Crippen LogP contribution in [0.1, 0.15) is 46.0 Å². The van der Waals surface area contributed by atoms with Crippen LogP contribution in [0.4, 0.5) is 0 Å². The first-order valence-corrected chi connectivity index (χ1v) is 6.42. The van der Waals surface area contributed by atoms with Crippen LogP contribution >= 0.6 is 0 Å². The molecule has 102 valence electrons. The lowest BCUT2D eigenvalue weighted by atomic mass is 9.91. The number of rotatable bonds is 8. The van der Waals surface area contributed by atoms with E-state index in [1.54, 1.807) is 0 Å². The summed E-state index contributed by atoms with van der Waals surface area (Å²) >= 11 is 0. The molecule has 1 aliphatic carbocycles. The van der Waals surface area contributed by atoms with E-state index in [9.17, 15) is 14.4 Å². The van der Waals surface area contributed by atoms with Crippen molar-refractivity contribution < 1.29 is 14.4 Å². The van der Waals surface area contributed by atoms with Gasteiger partial charge in [0.1, 0.15) is 5.78 Å². The van der Waals surface area contributed by atoms with E-state index in [1.807, 2.05) is 0 Å². The van der Waals surface area contributed by atoms with Crippen molar-refractivity contribution in [1.82, 2.24) is 5.32 Å². The minimum atomic E-state index is -0.497. The predicted octanol–water partition coefficient (Wildman–Crippen LogP) is 0.558. The smallest absolute Gasteiger partial charge is 0.217 e. The second-order valence-corrected chi connectivity index (χ2v) is 5.16. The number of amides is 1. The zero-order valence-electron chi connectivity index (χ0n) is 11.1. The number of carbonyl (C=O) groups excluding carboxylic acids is 3. The molecule has 0 aliphatic heterocycles. The van der Waals surface area contributed by atoms with Gasteiger partial charge in [-0.25, -0.2) is 0 Å². The van der Waals surface area contributed by atoms with Crippen LogP contribution in [0, 0.1) is 5.41 Å². The Kier molecular flexibility index (Phi) is 5.02. The predicted molar refractivity (Wildman–Crippen MR) is 67.9 cm³/mol. The SMILES string of the molecule is CC(=O)NC(CCCN)C(=O)CC1(C(C)=O)CC1. The molecule has 3 N–H and O–H groups in total. The van der Waals surface area contributed by atoms with Gasteiger partial charge >= 0.3 is 0 Å². The fourth-order valence-electron chi connectivity index (χ4n) is 2.14. The zero-order chi connectivity index (χ0) is 13.8. The Morgan fingerprint density at radius 2 is 1.89 bits per heavy atom. The number of nitrogens with two attached hydrogens (primary N) is 1. The number of hydrogen-bond acceptors (Lipinski definition) is 4. The van der Waals surface area contributed by atoms with Crippen LogP contribution in [-0.2, 0) is 14.4 Å². The number of nitrogens with one attached hydrogen (secondary N) is 1. The van der Waals surface area contributed by atoms with E-state index in [2.05, 4.69) is 5.32 Å². The molecular formula is C13H22N2O3. The molecule has 0 aromatic heterocycles. The van der Waals surface area contributed by atoms with Gasteiger partial charge in [-0.15, -0.1) is 0 Å². The van der Waals surface area contributed by atoms with Gasteiger partial charge in [0.15, 0.2) is 5.78 Å². The molecule has 0 bridgehead atoms. The summed E-state index contributed by atoms with van der Waals surface area (Å²) in [5.74, 6) is -0.194. The van der Waals surface area contributed by atoms with Crippen LogP contribution in [0.5, 0.6) is 0 Å². The molecule has 0 spiro atoms. The quantitative estimate of drug-likeness (QED) is 0.662. The lowest BCUT2D eigenvalue weighted by Crippen LogP contribution is -2.41. The highest BCUT2D eigenvalue weighted by Crippen LogP contribution is 2.49. The van der Waals surface area contributed by atoms with Crippen molar-refractivity contribution in [2.24, 2.45) is 11.1 Å². The number of carbonyl (C=O) groups is 3. The van der Waals surface area contributed by atoms with Crippen molar-refractivity contribution in [2.45, 2.75) is 52.0 Å². The van der Waals surface area contributed by atoms with E-state index in [1.165, 1.54) is 13.8 Å². The third-order valence-electron chi connectivity index (χ3n) is 3.58. The Bertz CT molecular complexity index is 348. The number of hydrogen-bond donors (Lipinski definition) is 2. The maximum absolute atomic E-state index is 12.1. The van der Waals surface area contributed by atoms with Gasteiger partial charge in [-0.3, -0.25) is 14.4 Å². The van der Waals surface area contributed by atoms with E-state index in [-0.39, 0.29) is 23.9 Å². The van der Waals surface area contributed by atoms with Crippen molar-refractivity contribution in [3.8, 4) is 0 Å². The van der Waals surface area contributed by atoms with Crippen molar-refractivity contribution in [2.75, 3.05) is 6.54 Å². The average molecular weight is 254 g/mol. The van der Waals surface area contributed by atoms with E-state index in [0.717, 1.165) is 12.8 Å². The maximum Gasteiger partial charge on any atom is 0.217 e.